The average molecular weight is 273 g/mol. The number of aromatic amines is 1. The highest BCUT2D eigenvalue weighted by Gasteiger charge is 2.17. The summed E-state index contributed by atoms with van der Waals surface area (Å²) in [4.78, 5) is 0. The standard InChI is InChI=1S/C13H15N5S/c14-13-10(6-16-18-13)11(17-15)5-8-7-19-12-4-2-1-3-9(8)12/h1-4,6-7,11,17H,5,15H2,(H3,14,16,18). The molecule has 6 heteroatoms. The van der Waals surface area contributed by atoms with E-state index in [4.69, 9.17) is 11.6 Å². The zero-order valence-corrected chi connectivity index (χ0v) is 11.1. The van der Waals surface area contributed by atoms with Crippen LogP contribution >= 0.6 is 11.3 Å². The normalized spacial score (nSPS) is 12.9. The van der Waals surface area contributed by atoms with Crippen molar-refractivity contribution in [1.82, 2.24) is 15.6 Å². The Kier molecular flexibility index (Phi) is 3.20. The third-order valence-electron chi connectivity index (χ3n) is 3.26. The fraction of sp³-hybridized carbons (Fsp3) is 0.154. The van der Waals surface area contributed by atoms with Crippen LogP contribution in [0.5, 0.6) is 0 Å². The first kappa shape index (κ1) is 12.2. The van der Waals surface area contributed by atoms with E-state index >= 15 is 0 Å². The van der Waals surface area contributed by atoms with Crippen LogP contribution in [0.15, 0.2) is 35.8 Å². The molecule has 2 heterocycles. The van der Waals surface area contributed by atoms with Crippen molar-refractivity contribution in [3.63, 3.8) is 0 Å². The molecule has 0 fully saturated rings. The van der Waals surface area contributed by atoms with E-state index in [0.29, 0.717) is 5.82 Å². The molecule has 2 aromatic heterocycles. The van der Waals surface area contributed by atoms with E-state index in [2.05, 4.69) is 45.3 Å². The van der Waals surface area contributed by atoms with Crippen molar-refractivity contribution >= 4 is 27.2 Å². The lowest BCUT2D eigenvalue weighted by Crippen LogP contribution is -2.29. The Labute approximate surface area is 114 Å². The second kappa shape index (κ2) is 5.00. The molecule has 1 unspecified atom stereocenters. The molecule has 3 rings (SSSR count). The van der Waals surface area contributed by atoms with Gasteiger partial charge in [0.1, 0.15) is 5.82 Å². The highest BCUT2D eigenvalue weighted by atomic mass is 32.1. The minimum Gasteiger partial charge on any atom is -0.384 e. The van der Waals surface area contributed by atoms with Crippen LogP contribution in [0.1, 0.15) is 17.2 Å². The number of aromatic nitrogens is 2. The lowest BCUT2D eigenvalue weighted by molar-refractivity contribution is 0.555. The number of anilines is 1. The van der Waals surface area contributed by atoms with Gasteiger partial charge in [-0.15, -0.1) is 11.3 Å². The average Bonchev–Trinajstić information content (AvgIpc) is 3.03. The van der Waals surface area contributed by atoms with E-state index in [1.165, 1.54) is 15.6 Å². The van der Waals surface area contributed by atoms with Crippen molar-refractivity contribution in [3.05, 3.63) is 47.0 Å². The summed E-state index contributed by atoms with van der Waals surface area (Å²) in [5, 5.41) is 10.1. The largest absolute Gasteiger partial charge is 0.384 e. The molecule has 1 aromatic carbocycles. The Hall–Kier alpha value is -1.89. The molecule has 0 spiro atoms. The molecule has 0 aliphatic heterocycles. The molecule has 0 amide bonds. The minimum atomic E-state index is -0.0447. The maximum atomic E-state index is 5.85. The minimum absolute atomic E-state index is 0.0447. The Morgan fingerprint density at radius 2 is 2.21 bits per heavy atom. The zero-order chi connectivity index (χ0) is 13.2. The smallest absolute Gasteiger partial charge is 0.123 e. The van der Waals surface area contributed by atoms with Crippen molar-refractivity contribution in [2.45, 2.75) is 12.5 Å². The topological polar surface area (TPSA) is 92.7 Å². The molecule has 0 aliphatic carbocycles. The third kappa shape index (κ3) is 2.21. The maximum absolute atomic E-state index is 5.85. The molecule has 98 valence electrons. The first-order valence-electron chi connectivity index (χ1n) is 5.99. The number of nitrogens with zero attached hydrogens (tertiary/aromatic N) is 1. The molecule has 0 aliphatic rings. The van der Waals surface area contributed by atoms with Gasteiger partial charge in [0.25, 0.3) is 0 Å². The van der Waals surface area contributed by atoms with Crippen LogP contribution in [0.4, 0.5) is 5.82 Å². The van der Waals surface area contributed by atoms with Crippen LogP contribution in [0, 0.1) is 0 Å². The van der Waals surface area contributed by atoms with Gasteiger partial charge in [-0.25, -0.2) is 0 Å². The van der Waals surface area contributed by atoms with Crippen molar-refractivity contribution in [2.75, 3.05) is 5.73 Å². The Morgan fingerprint density at radius 3 is 2.95 bits per heavy atom. The Balaban J connectivity index is 1.93. The number of hydrazine groups is 1. The van der Waals surface area contributed by atoms with E-state index in [1.807, 2.05) is 0 Å². The number of rotatable bonds is 4. The molecular formula is C13H15N5S. The summed E-state index contributed by atoms with van der Waals surface area (Å²) < 4.78 is 1.29. The Morgan fingerprint density at radius 1 is 1.37 bits per heavy atom. The van der Waals surface area contributed by atoms with Gasteiger partial charge < -0.3 is 5.73 Å². The number of nitrogens with two attached hydrogens (primary N) is 2. The molecule has 0 bridgehead atoms. The number of hydrogen-bond donors (Lipinski definition) is 4. The molecule has 5 nitrogen and oxygen atoms in total. The van der Waals surface area contributed by atoms with Gasteiger partial charge in [0.15, 0.2) is 0 Å². The predicted octanol–water partition coefficient (Wildman–Crippen LogP) is 1.95. The van der Waals surface area contributed by atoms with Crippen LogP contribution in [-0.4, -0.2) is 10.2 Å². The molecule has 0 saturated heterocycles. The van der Waals surface area contributed by atoms with Crippen LogP contribution in [0.2, 0.25) is 0 Å². The van der Waals surface area contributed by atoms with Crippen molar-refractivity contribution in [2.24, 2.45) is 5.84 Å². The number of hydrogen-bond acceptors (Lipinski definition) is 5. The van der Waals surface area contributed by atoms with E-state index in [-0.39, 0.29) is 6.04 Å². The summed E-state index contributed by atoms with van der Waals surface area (Å²) in [6.07, 6.45) is 2.50. The quantitative estimate of drug-likeness (QED) is 0.432. The van der Waals surface area contributed by atoms with Gasteiger partial charge in [-0.05, 0) is 28.8 Å². The summed E-state index contributed by atoms with van der Waals surface area (Å²) in [6.45, 7) is 0. The van der Waals surface area contributed by atoms with Gasteiger partial charge in [0.05, 0.1) is 12.2 Å². The first-order chi connectivity index (χ1) is 9.29. The molecule has 1 atom stereocenters. The maximum Gasteiger partial charge on any atom is 0.123 e. The fourth-order valence-corrected chi connectivity index (χ4v) is 3.23. The Bertz CT molecular complexity index is 687. The van der Waals surface area contributed by atoms with E-state index in [1.54, 1.807) is 17.5 Å². The molecule has 0 saturated carbocycles. The fourth-order valence-electron chi connectivity index (χ4n) is 2.25. The predicted molar refractivity (Wildman–Crippen MR) is 78.6 cm³/mol. The van der Waals surface area contributed by atoms with Crippen molar-refractivity contribution < 1.29 is 0 Å². The highest BCUT2D eigenvalue weighted by Crippen LogP contribution is 2.30. The summed E-state index contributed by atoms with van der Waals surface area (Å²) in [7, 11) is 0. The number of thiophene rings is 1. The van der Waals surface area contributed by atoms with E-state index in [0.717, 1.165) is 12.0 Å². The van der Waals surface area contributed by atoms with Crippen molar-refractivity contribution in [3.8, 4) is 0 Å². The number of H-pyrrole nitrogens is 1. The second-order valence-corrected chi connectivity index (χ2v) is 5.33. The van der Waals surface area contributed by atoms with Gasteiger partial charge in [-0.3, -0.25) is 16.4 Å². The zero-order valence-electron chi connectivity index (χ0n) is 10.3. The summed E-state index contributed by atoms with van der Waals surface area (Å²) in [5.74, 6) is 6.21. The second-order valence-electron chi connectivity index (χ2n) is 4.42. The third-order valence-corrected chi connectivity index (χ3v) is 4.27. The van der Waals surface area contributed by atoms with Crippen LogP contribution in [0.3, 0.4) is 0 Å². The van der Waals surface area contributed by atoms with Crippen LogP contribution < -0.4 is 17.0 Å². The molecule has 19 heavy (non-hydrogen) atoms. The molecular weight excluding hydrogens is 258 g/mol. The summed E-state index contributed by atoms with van der Waals surface area (Å²) in [6, 6.07) is 8.32. The summed E-state index contributed by atoms with van der Waals surface area (Å²) >= 11 is 1.74. The van der Waals surface area contributed by atoms with Crippen LogP contribution in [0.25, 0.3) is 10.1 Å². The van der Waals surface area contributed by atoms with E-state index < -0.39 is 0 Å². The number of nitrogen functional groups attached to an aromatic ring is 1. The monoisotopic (exact) mass is 273 g/mol. The number of nitrogens with one attached hydrogen (secondary N) is 2. The number of benzene rings is 1. The van der Waals surface area contributed by atoms with Gasteiger partial charge >= 0.3 is 0 Å². The molecule has 6 N–H and O–H groups in total. The van der Waals surface area contributed by atoms with Crippen molar-refractivity contribution in [1.29, 1.82) is 0 Å². The lowest BCUT2D eigenvalue weighted by atomic mass is 10.0. The summed E-state index contributed by atoms with van der Waals surface area (Å²) in [5.41, 5.74) is 10.8. The first-order valence-corrected chi connectivity index (χ1v) is 6.87. The number of fused-ring (bicyclic) bond motifs is 1. The highest BCUT2D eigenvalue weighted by molar-refractivity contribution is 7.17. The van der Waals surface area contributed by atoms with E-state index in [9.17, 15) is 0 Å². The molecule has 0 radical (unpaired) electrons. The van der Waals surface area contributed by atoms with Gasteiger partial charge in [-0.2, -0.15) is 5.10 Å². The van der Waals surface area contributed by atoms with Gasteiger partial charge in [0.2, 0.25) is 0 Å². The lowest BCUT2D eigenvalue weighted by Gasteiger charge is -2.14. The molecule has 3 aromatic rings. The van der Waals surface area contributed by atoms with Gasteiger partial charge in [0, 0.05) is 10.3 Å². The SMILES string of the molecule is NNC(Cc1csc2ccccc12)c1cn[nH]c1N. The van der Waals surface area contributed by atoms with Gasteiger partial charge in [-0.1, -0.05) is 18.2 Å². The van der Waals surface area contributed by atoms with Crippen LogP contribution in [-0.2, 0) is 6.42 Å².